The second-order valence-corrected chi connectivity index (χ2v) is 6.30. The topological polar surface area (TPSA) is 56.2 Å². The number of amides is 1. The van der Waals surface area contributed by atoms with Crippen LogP contribution in [-0.4, -0.2) is 35.2 Å². The van der Waals surface area contributed by atoms with Gasteiger partial charge in [0.05, 0.1) is 18.1 Å². The summed E-state index contributed by atoms with van der Waals surface area (Å²) in [6.07, 6.45) is 4.48. The van der Waals surface area contributed by atoms with E-state index in [2.05, 4.69) is 22.0 Å². The molecule has 1 aromatic heterocycles. The molecule has 0 spiro atoms. The summed E-state index contributed by atoms with van der Waals surface area (Å²) >= 11 is 0. The monoisotopic (exact) mass is 311 g/mol. The first-order valence-corrected chi connectivity index (χ1v) is 8.29. The Morgan fingerprint density at radius 2 is 1.96 bits per heavy atom. The standard InChI is InChI=1S/C18H21N3O2/c22-16-10-15(11-19-16)21-12-20-17(13-4-2-1-3-5-13)18(21)14-6-8-23-9-7-14/h1-5,12,14-15H,6-11H2,(H,19,22). The molecular formula is C18H21N3O2. The fourth-order valence-electron chi connectivity index (χ4n) is 3.64. The van der Waals surface area contributed by atoms with Gasteiger partial charge in [-0.1, -0.05) is 30.3 Å². The molecule has 2 aliphatic heterocycles. The van der Waals surface area contributed by atoms with Gasteiger partial charge < -0.3 is 14.6 Å². The average Bonchev–Trinajstić information content (AvgIpc) is 3.22. The molecule has 5 heteroatoms. The molecule has 2 aliphatic rings. The minimum absolute atomic E-state index is 0.128. The number of carbonyl (C=O) groups excluding carboxylic acids is 1. The minimum Gasteiger partial charge on any atom is -0.381 e. The van der Waals surface area contributed by atoms with Crippen LogP contribution in [0.4, 0.5) is 0 Å². The molecule has 1 aromatic carbocycles. The van der Waals surface area contributed by atoms with Crippen LogP contribution in [0.25, 0.3) is 11.3 Å². The second kappa shape index (κ2) is 6.16. The van der Waals surface area contributed by atoms with Crippen LogP contribution in [0, 0.1) is 0 Å². The summed E-state index contributed by atoms with van der Waals surface area (Å²) in [6.45, 7) is 2.29. The van der Waals surface area contributed by atoms with Gasteiger partial charge in [-0.05, 0) is 12.8 Å². The highest BCUT2D eigenvalue weighted by Crippen LogP contribution is 2.36. The maximum atomic E-state index is 11.6. The van der Waals surface area contributed by atoms with Gasteiger partial charge in [0.25, 0.3) is 0 Å². The van der Waals surface area contributed by atoms with E-state index in [0.717, 1.165) is 37.3 Å². The summed E-state index contributed by atoms with van der Waals surface area (Å²) in [6, 6.07) is 10.5. The second-order valence-electron chi connectivity index (χ2n) is 6.30. The zero-order valence-electron chi connectivity index (χ0n) is 13.1. The zero-order valence-corrected chi connectivity index (χ0v) is 13.1. The number of rotatable bonds is 3. The van der Waals surface area contributed by atoms with Crippen molar-refractivity contribution >= 4 is 5.91 Å². The lowest BCUT2D eigenvalue weighted by molar-refractivity contribution is -0.119. The Bertz CT molecular complexity index is 690. The molecule has 120 valence electrons. The Balaban J connectivity index is 1.77. The highest BCUT2D eigenvalue weighted by atomic mass is 16.5. The van der Waals surface area contributed by atoms with E-state index < -0.39 is 0 Å². The van der Waals surface area contributed by atoms with E-state index in [9.17, 15) is 4.79 Å². The van der Waals surface area contributed by atoms with Crippen molar-refractivity contribution < 1.29 is 9.53 Å². The fraction of sp³-hybridized carbons (Fsp3) is 0.444. The molecule has 2 saturated heterocycles. The first-order chi connectivity index (χ1) is 11.3. The van der Waals surface area contributed by atoms with E-state index in [4.69, 9.17) is 9.72 Å². The summed E-state index contributed by atoms with van der Waals surface area (Å²) < 4.78 is 7.76. The van der Waals surface area contributed by atoms with E-state index in [1.165, 1.54) is 5.69 Å². The maximum Gasteiger partial charge on any atom is 0.222 e. The van der Waals surface area contributed by atoms with Crippen molar-refractivity contribution in [1.29, 1.82) is 0 Å². The van der Waals surface area contributed by atoms with Crippen LogP contribution in [0.5, 0.6) is 0 Å². The summed E-state index contributed by atoms with van der Waals surface area (Å²) in [4.78, 5) is 16.3. The minimum atomic E-state index is 0.128. The summed E-state index contributed by atoms with van der Waals surface area (Å²) in [5.74, 6) is 0.569. The van der Waals surface area contributed by atoms with Gasteiger partial charge in [-0.25, -0.2) is 4.98 Å². The van der Waals surface area contributed by atoms with Gasteiger partial charge >= 0.3 is 0 Å². The molecule has 2 aromatic rings. The van der Waals surface area contributed by atoms with E-state index in [0.29, 0.717) is 18.9 Å². The molecule has 1 N–H and O–H groups in total. The van der Waals surface area contributed by atoms with Crippen molar-refractivity contribution in [1.82, 2.24) is 14.9 Å². The SMILES string of the molecule is O=C1CC(n2cnc(-c3ccccc3)c2C2CCOCC2)CN1. The molecule has 0 bridgehead atoms. The van der Waals surface area contributed by atoms with Crippen LogP contribution in [0.1, 0.15) is 36.9 Å². The summed E-state index contributed by atoms with van der Waals surface area (Å²) in [7, 11) is 0. The maximum absolute atomic E-state index is 11.6. The Morgan fingerprint density at radius 1 is 1.17 bits per heavy atom. The molecule has 1 amide bonds. The molecule has 0 aliphatic carbocycles. The van der Waals surface area contributed by atoms with Crippen molar-refractivity contribution in [3.8, 4) is 11.3 Å². The zero-order chi connectivity index (χ0) is 15.6. The molecule has 1 atom stereocenters. The van der Waals surface area contributed by atoms with Crippen molar-refractivity contribution in [3.63, 3.8) is 0 Å². The van der Waals surface area contributed by atoms with Crippen LogP contribution >= 0.6 is 0 Å². The van der Waals surface area contributed by atoms with E-state index in [-0.39, 0.29) is 11.9 Å². The lowest BCUT2D eigenvalue weighted by Gasteiger charge is -2.26. The summed E-state index contributed by atoms with van der Waals surface area (Å²) in [5, 5.41) is 2.94. The number of aromatic nitrogens is 2. The van der Waals surface area contributed by atoms with Gasteiger partial charge in [-0.2, -0.15) is 0 Å². The molecule has 5 nitrogen and oxygen atoms in total. The molecule has 3 heterocycles. The van der Waals surface area contributed by atoms with E-state index in [1.807, 2.05) is 24.5 Å². The molecule has 4 rings (SSSR count). The smallest absolute Gasteiger partial charge is 0.222 e. The van der Waals surface area contributed by atoms with Gasteiger partial charge in [0.2, 0.25) is 5.91 Å². The van der Waals surface area contributed by atoms with Gasteiger partial charge in [-0.15, -0.1) is 0 Å². The third-order valence-corrected chi connectivity index (χ3v) is 4.84. The van der Waals surface area contributed by atoms with Gasteiger partial charge in [0.15, 0.2) is 0 Å². The molecule has 0 saturated carbocycles. The van der Waals surface area contributed by atoms with Crippen molar-refractivity contribution in [2.75, 3.05) is 19.8 Å². The largest absolute Gasteiger partial charge is 0.381 e. The van der Waals surface area contributed by atoms with Crippen LogP contribution in [0.3, 0.4) is 0 Å². The average molecular weight is 311 g/mol. The first kappa shape index (κ1) is 14.5. The number of carbonyl (C=O) groups is 1. The molecule has 2 fully saturated rings. The molecular weight excluding hydrogens is 290 g/mol. The van der Waals surface area contributed by atoms with Crippen LogP contribution < -0.4 is 5.32 Å². The van der Waals surface area contributed by atoms with Gasteiger partial charge in [0, 0.05) is 43.4 Å². The molecule has 0 radical (unpaired) electrons. The first-order valence-electron chi connectivity index (χ1n) is 8.29. The number of hydrogen-bond acceptors (Lipinski definition) is 3. The lowest BCUT2D eigenvalue weighted by Crippen LogP contribution is -2.21. The Hall–Kier alpha value is -2.14. The molecule has 1 unspecified atom stereocenters. The predicted molar refractivity (Wildman–Crippen MR) is 87.1 cm³/mol. The van der Waals surface area contributed by atoms with Crippen molar-refractivity contribution in [2.45, 2.75) is 31.2 Å². The molecule has 23 heavy (non-hydrogen) atoms. The van der Waals surface area contributed by atoms with Gasteiger partial charge in [0.1, 0.15) is 0 Å². The van der Waals surface area contributed by atoms with E-state index in [1.54, 1.807) is 0 Å². The number of nitrogens with zero attached hydrogens (tertiary/aromatic N) is 2. The summed E-state index contributed by atoms with van der Waals surface area (Å²) in [5.41, 5.74) is 3.46. The van der Waals surface area contributed by atoms with Crippen molar-refractivity contribution in [2.24, 2.45) is 0 Å². The Labute approximate surface area is 135 Å². The lowest BCUT2D eigenvalue weighted by atomic mass is 9.92. The number of benzene rings is 1. The van der Waals surface area contributed by atoms with Gasteiger partial charge in [-0.3, -0.25) is 4.79 Å². The third kappa shape index (κ3) is 2.77. The van der Waals surface area contributed by atoms with E-state index >= 15 is 0 Å². The van der Waals surface area contributed by atoms with Crippen LogP contribution in [0.2, 0.25) is 0 Å². The number of imidazole rings is 1. The Kier molecular flexibility index (Phi) is 3.87. The highest BCUT2D eigenvalue weighted by molar-refractivity contribution is 5.78. The van der Waals surface area contributed by atoms with Crippen LogP contribution in [-0.2, 0) is 9.53 Å². The quantitative estimate of drug-likeness (QED) is 0.947. The third-order valence-electron chi connectivity index (χ3n) is 4.84. The van der Waals surface area contributed by atoms with Crippen LogP contribution in [0.15, 0.2) is 36.7 Å². The highest BCUT2D eigenvalue weighted by Gasteiger charge is 2.30. The Morgan fingerprint density at radius 3 is 2.65 bits per heavy atom. The predicted octanol–water partition coefficient (Wildman–Crippen LogP) is 2.51. The fourth-order valence-corrected chi connectivity index (χ4v) is 3.64. The number of ether oxygens (including phenoxy) is 1. The number of nitrogens with one attached hydrogen (secondary N) is 1. The number of hydrogen-bond donors (Lipinski definition) is 1. The van der Waals surface area contributed by atoms with Crippen molar-refractivity contribution in [3.05, 3.63) is 42.4 Å². The normalized spacial score (nSPS) is 22.3.